The molecule has 1 saturated heterocycles. The van der Waals surface area contributed by atoms with Crippen molar-refractivity contribution in [2.24, 2.45) is 28.6 Å². The van der Waals surface area contributed by atoms with Crippen LogP contribution >= 0.6 is 11.8 Å². The Bertz CT molecular complexity index is 535. The maximum atomic E-state index is 11.0. The van der Waals surface area contributed by atoms with Crippen molar-refractivity contribution < 1.29 is 15.3 Å². The van der Waals surface area contributed by atoms with E-state index in [1.54, 1.807) is 0 Å². The Labute approximate surface area is 143 Å². The number of aliphatic hydroxyl groups is 3. The van der Waals surface area contributed by atoms with Crippen LogP contribution in [0.3, 0.4) is 0 Å². The molecule has 130 valence electrons. The van der Waals surface area contributed by atoms with Gasteiger partial charge in [0.15, 0.2) is 0 Å². The SMILES string of the molecule is C[C@@H]1CC2C3C(O)CC4=C[C@@H](O)CC[C@]4(C)C3SC[C@]2(C)[C@H]1O. The van der Waals surface area contributed by atoms with E-state index in [0.29, 0.717) is 23.5 Å². The Hall–Kier alpha value is -0.0300. The molecule has 3 nitrogen and oxygen atoms in total. The van der Waals surface area contributed by atoms with Gasteiger partial charge >= 0.3 is 0 Å². The largest absolute Gasteiger partial charge is 0.392 e. The average molecular weight is 339 g/mol. The van der Waals surface area contributed by atoms with Crippen LogP contribution in [0.1, 0.15) is 46.5 Å². The van der Waals surface area contributed by atoms with Gasteiger partial charge in [0, 0.05) is 27.8 Å². The van der Waals surface area contributed by atoms with E-state index in [0.717, 1.165) is 25.0 Å². The van der Waals surface area contributed by atoms with E-state index in [4.69, 9.17) is 0 Å². The Morgan fingerprint density at radius 3 is 2.70 bits per heavy atom. The second-order valence-corrected chi connectivity index (χ2v) is 10.2. The van der Waals surface area contributed by atoms with Crippen molar-refractivity contribution in [3.05, 3.63) is 11.6 Å². The Balaban J connectivity index is 1.73. The molecular formula is C19H30O3S. The summed E-state index contributed by atoms with van der Waals surface area (Å²) in [6.07, 6.45) is 4.69. The summed E-state index contributed by atoms with van der Waals surface area (Å²) in [5, 5.41) is 32.1. The third kappa shape index (κ3) is 2.14. The molecule has 0 bridgehead atoms. The molecule has 4 aliphatic rings. The fourth-order valence-electron chi connectivity index (χ4n) is 6.23. The number of hydrogen-bond acceptors (Lipinski definition) is 4. The van der Waals surface area contributed by atoms with Crippen LogP contribution in [-0.4, -0.2) is 44.6 Å². The summed E-state index contributed by atoms with van der Waals surface area (Å²) in [5.41, 5.74) is 1.32. The normalized spacial score (nSPS) is 58.9. The second-order valence-electron chi connectivity index (χ2n) is 9.07. The van der Waals surface area contributed by atoms with Crippen LogP contribution in [0.15, 0.2) is 11.6 Å². The van der Waals surface area contributed by atoms with Crippen LogP contribution in [-0.2, 0) is 0 Å². The molecule has 0 aromatic rings. The van der Waals surface area contributed by atoms with Crippen molar-refractivity contribution in [2.45, 2.75) is 70.0 Å². The van der Waals surface area contributed by atoms with Gasteiger partial charge in [-0.2, -0.15) is 11.8 Å². The molecule has 0 aromatic heterocycles. The zero-order valence-corrected chi connectivity index (χ0v) is 15.2. The maximum Gasteiger partial charge on any atom is 0.0724 e. The van der Waals surface area contributed by atoms with Gasteiger partial charge in [0.05, 0.1) is 18.3 Å². The first kappa shape index (κ1) is 16.4. The summed E-state index contributed by atoms with van der Waals surface area (Å²) < 4.78 is 0. The van der Waals surface area contributed by atoms with Crippen LogP contribution in [0.2, 0.25) is 0 Å². The zero-order valence-electron chi connectivity index (χ0n) is 14.4. The molecule has 23 heavy (non-hydrogen) atoms. The van der Waals surface area contributed by atoms with Crippen LogP contribution < -0.4 is 0 Å². The fraction of sp³-hybridized carbons (Fsp3) is 0.895. The highest BCUT2D eigenvalue weighted by Crippen LogP contribution is 2.65. The van der Waals surface area contributed by atoms with Gasteiger partial charge in [0.2, 0.25) is 0 Å². The number of aliphatic hydroxyl groups excluding tert-OH is 3. The third-order valence-electron chi connectivity index (χ3n) is 7.66. The lowest BCUT2D eigenvalue weighted by Gasteiger charge is -2.58. The van der Waals surface area contributed by atoms with Crippen molar-refractivity contribution in [3.63, 3.8) is 0 Å². The lowest BCUT2D eigenvalue weighted by molar-refractivity contribution is -0.0419. The average Bonchev–Trinajstić information content (AvgIpc) is 2.73. The Kier molecular flexibility index (Phi) is 3.74. The van der Waals surface area contributed by atoms with Crippen molar-refractivity contribution in [3.8, 4) is 0 Å². The topological polar surface area (TPSA) is 60.7 Å². The molecule has 3 aliphatic carbocycles. The van der Waals surface area contributed by atoms with E-state index in [9.17, 15) is 15.3 Å². The molecule has 2 saturated carbocycles. The predicted molar refractivity (Wildman–Crippen MR) is 93.2 cm³/mol. The monoisotopic (exact) mass is 338 g/mol. The summed E-state index contributed by atoms with van der Waals surface area (Å²) in [4.78, 5) is 0. The van der Waals surface area contributed by atoms with Crippen LogP contribution in [0.5, 0.6) is 0 Å². The van der Waals surface area contributed by atoms with Gasteiger partial charge in [-0.25, -0.2) is 0 Å². The summed E-state index contributed by atoms with van der Waals surface area (Å²) in [6, 6.07) is 0. The highest BCUT2D eigenvalue weighted by Gasteiger charge is 2.63. The standard InChI is InChI=1S/C19H30O3S/c1-10-6-13-15-14(21)8-11-7-12(20)4-5-18(11,2)17(15)23-9-19(13,3)16(10)22/h7,10,12-17,20-22H,4-6,8-9H2,1-3H3/t10-,12+,13?,14?,15?,16+,17?,18+,19+/m1/s1. The second kappa shape index (κ2) is 5.23. The molecule has 0 spiro atoms. The van der Waals surface area contributed by atoms with E-state index in [1.807, 2.05) is 17.8 Å². The van der Waals surface area contributed by atoms with Gasteiger partial charge in [-0.15, -0.1) is 0 Å². The van der Waals surface area contributed by atoms with Gasteiger partial charge in [0.1, 0.15) is 0 Å². The molecule has 1 heterocycles. The lowest BCUT2D eigenvalue weighted by atomic mass is 9.56. The molecule has 0 aromatic carbocycles. The molecule has 3 fully saturated rings. The summed E-state index contributed by atoms with van der Waals surface area (Å²) >= 11 is 1.98. The number of rotatable bonds is 0. The van der Waals surface area contributed by atoms with Gasteiger partial charge < -0.3 is 15.3 Å². The molecule has 9 atom stereocenters. The molecule has 0 amide bonds. The first-order valence-electron chi connectivity index (χ1n) is 9.14. The Morgan fingerprint density at radius 2 is 1.96 bits per heavy atom. The smallest absolute Gasteiger partial charge is 0.0724 e. The molecule has 1 aliphatic heterocycles. The molecule has 0 radical (unpaired) electrons. The summed E-state index contributed by atoms with van der Waals surface area (Å²) in [6.45, 7) is 6.74. The summed E-state index contributed by atoms with van der Waals surface area (Å²) in [7, 11) is 0. The third-order valence-corrected chi connectivity index (χ3v) is 9.65. The van der Waals surface area contributed by atoms with Crippen molar-refractivity contribution in [2.75, 3.05) is 5.75 Å². The molecule has 4 unspecified atom stereocenters. The zero-order chi connectivity index (χ0) is 16.6. The van der Waals surface area contributed by atoms with Gasteiger partial charge in [-0.1, -0.05) is 32.4 Å². The van der Waals surface area contributed by atoms with Crippen LogP contribution in [0, 0.1) is 28.6 Å². The van der Waals surface area contributed by atoms with Gasteiger partial charge in [-0.05, 0) is 37.5 Å². The minimum absolute atomic E-state index is 0.0576. The van der Waals surface area contributed by atoms with E-state index in [2.05, 4.69) is 20.8 Å². The number of fused-ring (bicyclic) bond motifs is 5. The van der Waals surface area contributed by atoms with E-state index >= 15 is 0 Å². The van der Waals surface area contributed by atoms with E-state index < -0.39 is 0 Å². The summed E-state index contributed by atoms with van der Waals surface area (Å²) in [5.74, 6) is 2.01. The van der Waals surface area contributed by atoms with Crippen LogP contribution in [0.4, 0.5) is 0 Å². The van der Waals surface area contributed by atoms with Gasteiger partial charge in [-0.3, -0.25) is 0 Å². The van der Waals surface area contributed by atoms with Crippen molar-refractivity contribution in [1.82, 2.24) is 0 Å². The fourth-order valence-corrected chi connectivity index (χ4v) is 8.38. The van der Waals surface area contributed by atoms with Crippen molar-refractivity contribution >= 4 is 11.8 Å². The van der Waals surface area contributed by atoms with Gasteiger partial charge in [0.25, 0.3) is 0 Å². The quantitative estimate of drug-likeness (QED) is 0.594. The Morgan fingerprint density at radius 1 is 1.22 bits per heavy atom. The van der Waals surface area contributed by atoms with E-state index in [-0.39, 0.29) is 35.1 Å². The van der Waals surface area contributed by atoms with Crippen LogP contribution in [0.25, 0.3) is 0 Å². The number of hydrogen-bond donors (Lipinski definition) is 3. The van der Waals surface area contributed by atoms with Crippen molar-refractivity contribution in [1.29, 1.82) is 0 Å². The highest BCUT2D eigenvalue weighted by molar-refractivity contribution is 8.00. The molecular weight excluding hydrogens is 308 g/mol. The van der Waals surface area contributed by atoms with E-state index in [1.165, 1.54) is 5.57 Å². The minimum Gasteiger partial charge on any atom is -0.392 e. The predicted octanol–water partition coefficient (Wildman–Crippen LogP) is 2.59. The lowest BCUT2D eigenvalue weighted by Crippen LogP contribution is -2.58. The minimum atomic E-state index is -0.339. The number of thioether (sulfide) groups is 1. The first-order valence-corrected chi connectivity index (χ1v) is 10.2. The first-order chi connectivity index (χ1) is 10.8. The molecule has 4 rings (SSSR count). The molecule has 3 N–H and O–H groups in total. The highest BCUT2D eigenvalue weighted by atomic mass is 32.2. The molecule has 4 heteroatoms. The maximum absolute atomic E-state index is 11.0.